The first kappa shape index (κ1) is 10.8. The molecule has 0 heterocycles. The van der Waals surface area contributed by atoms with E-state index in [2.05, 4.69) is 5.32 Å². The first-order chi connectivity index (χ1) is 6.72. The van der Waals surface area contributed by atoms with Crippen molar-refractivity contribution in [3.8, 4) is 11.5 Å². The van der Waals surface area contributed by atoms with Crippen LogP contribution in [0, 0.1) is 0 Å². The number of hydrogen-bond donors (Lipinski definition) is 2. The zero-order valence-corrected chi connectivity index (χ0v) is 8.70. The van der Waals surface area contributed by atoms with Gasteiger partial charge in [-0.3, -0.25) is 0 Å². The topological polar surface area (TPSA) is 56.5 Å². The molecule has 0 aliphatic heterocycles. The molecular weight excluding hydrogens is 180 g/mol. The van der Waals surface area contributed by atoms with Gasteiger partial charge in [0.25, 0.3) is 0 Å². The highest BCUT2D eigenvalue weighted by molar-refractivity contribution is 5.42. The summed E-state index contributed by atoms with van der Waals surface area (Å²) in [6.07, 6.45) is -0.226. The lowest BCUT2D eigenvalue weighted by atomic mass is 10.1. The van der Waals surface area contributed by atoms with Crippen molar-refractivity contribution in [1.82, 2.24) is 5.32 Å². The molecule has 0 fully saturated rings. The third-order valence-electron chi connectivity index (χ3n) is 2.09. The van der Waals surface area contributed by atoms with E-state index < -0.39 is 0 Å². The third kappa shape index (κ3) is 2.16. The molecule has 1 unspecified atom stereocenters. The minimum Gasteiger partial charge on any atom is -0.497 e. The van der Waals surface area contributed by atoms with Crippen molar-refractivity contribution >= 4 is 0 Å². The fourth-order valence-electron chi connectivity index (χ4n) is 1.23. The van der Waals surface area contributed by atoms with Gasteiger partial charge >= 0.3 is 0 Å². The zero-order valence-electron chi connectivity index (χ0n) is 8.70. The minimum atomic E-state index is -0.226. The van der Waals surface area contributed by atoms with Crippen molar-refractivity contribution in [3.05, 3.63) is 23.8 Å². The molecular formula is C10H16N2O2. The van der Waals surface area contributed by atoms with Crippen molar-refractivity contribution in [2.45, 2.75) is 6.17 Å². The third-order valence-corrected chi connectivity index (χ3v) is 2.09. The molecule has 0 aliphatic rings. The molecule has 1 rings (SSSR count). The van der Waals surface area contributed by atoms with E-state index in [1.807, 2.05) is 18.2 Å². The van der Waals surface area contributed by atoms with Gasteiger partial charge in [-0.25, -0.2) is 0 Å². The molecule has 0 amide bonds. The van der Waals surface area contributed by atoms with Crippen LogP contribution in [0.5, 0.6) is 11.5 Å². The molecule has 0 saturated heterocycles. The van der Waals surface area contributed by atoms with E-state index in [1.54, 1.807) is 21.3 Å². The van der Waals surface area contributed by atoms with Crippen LogP contribution in [0.2, 0.25) is 0 Å². The van der Waals surface area contributed by atoms with E-state index >= 15 is 0 Å². The largest absolute Gasteiger partial charge is 0.497 e. The van der Waals surface area contributed by atoms with Crippen LogP contribution >= 0.6 is 0 Å². The van der Waals surface area contributed by atoms with E-state index in [-0.39, 0.29) is 6.17 Å². The molecule has 78 valence electrons. The van der Waals surface area contributed by atoms with E-state index in [0.717, 1.165) is 17.1 Å². The molecule has 0 radical (unpaired) electrons. The maximum atomic E-state index is 5.83. The molecule has 0 saturated carbocycles. The molecule has 1 aromatic rings. The average Bonchev–Trinajstić information content (AvgIpc) is 2.27. The molecule has 0 spiro atoms. The second-order valence-electron chi connectivity index (χ2n) is 2.87. The highest BCUT2D eigenvalue weighted by Crippen LogP contribution is 2.27. The van der Waals surface area contributed by atoms with Crippen molar-refractivity contribution in [3.63, 3.8) is 0 Å². The Balaban J connectivity index is 3.04. The van der Waals surface area contributed by atoms with Crippen molar-refractivity contribution in [2.24, 2.45) is 5.73 Å². The Morgan fingerprint density at radius 2 is 2.00 bits per heavy atom. The van der Waals surface area contributed by atoms with Gasteiger partial charge in [0.05, 0.1) is 20.4 Å². The molecule has 1 aromatic carbocycles. The van der Waals surface area contributed by atoms with Gasteiger partial charge in [-0.15, -0.1) is 0 Å². The molecule has 0 aromatic heterocycles. The van der Waals surface area contributed by atoms with Gasteiger partial charge in [0.15, 0.2) is 0 Å². The molecule has 1 atom stereocenters. The lowest BCUT2D eigenvalue weighted by molar-refractivity contribution is 0.386. The first-order valence-corrected chi connectivity index (χ1v) is 4.37. The Bertz CT molecular complexity index is 302. The summed E-state index contributed by atoms with van der Waals surface area (Å²) in [7, 11) is 5.03. The molecule has 3 N–H and O–H groups in total. The fourth-order valence-corrected chi connectivity index (χ4v) is 1.23. The van der Waals surface area contributed by atoms with Crippen LogP contribution in [0.15, 0.2) is 18.2 Å². The normalized spacial score (nSPS) is 12.3. The van der Waals surface area contributed by atoms with E-state index in [1.165, 1.54) is 0 Å². The SMILES string of the molecule is CNC(N)c1ccc(OC)cc1OC. The second-order valence-corrected chi connectivity index (χ2v) is 2.87. The molecule has 4 nitrogen and oxygen atoms in total. The van der Waals surface area contributed by atoms with Crippen LogP contribution in [-0.2, 0) is 0 Å². The van der Waals surface area contributed by atoms with Crippen LogP contribution < -0.4 is 20.5 Å². The van der Waals surface area contributed by atoms with Crippen molar-refractivity contribution in [2.75, 3.05) is 21.3 Å². The number of nitrogens with one attached hydrogen (secondary N) is 1. The lowest BCUT2D eigenvalue weighted by Gasteiger charge is -2.15. The number of ether oxygens (including phenoxy) is 2. The maximum Gasteiger partial charge on any atom is 0.128 e. The second kappa shape index (κ2) is 4.83. The number of benzene rings is 1. The van der Waals surface area contributed by atoms with Gasteiger partial charge in [-0.1, -0.05) is 0 Å². The Labute approximate surface area is 84.0 Å². The predicted molar refractivity (Wildman–Crippen MR) is 55.5 cm³/mol. The smallest absolute Gasteiger partial charge is 0.128 e. The Hall–Kier alpha value is -1.26. The van der Waals surface area contributed by atoms with Crippen molar-refractivity contribution < 1.29 is 9.47 Å². The summed E-state index contributed by atoms with van der Waals surface area (Å²) < 4.78 is 10.3. The average molecular weight is 196 g/mol. The Kier molecular flexibility index (Phi) is 3.73. The highest BCUT2D eigenvalue weighted by Gasteiger charge is 2.10. The zero-order chi connectivity index (χ0) is 10.6. The summed E-state index contributed by atoms with van der Waals surface area (Å²) in [4.78, 5) is 0. The van der Waals surface area contributed by atoms with Gasteiger partial charge in [-0.2, -0.15) is 0 Å². The summed E-state index contributed by atoms with van der Waals surface area (Å²) in [6, 6.07) is 5.56. The van der Waals surface area contributed by atoms with Gasteiger partial charge < -0.3 is 20.5 Å². The Morgan fingerprint density at radius 3 is 2.50 bits per heavy atom. The van der Waals surface area contributed by atoms with E-state index in [4.69, 9.17) is 15.2 Å². The molecule has 0 bridgehead atoms. The Morgan fingerprint density at radius 1 is 1.29 bits per heavy atom. The summed E-state index contributed by atoms with van der Waals surface area (Å²) >= 11 is 0. The van der Waals surface area contributed by atoms with Crippen LogP contribution in [0.4, 0.5) is 0 Å². The van der Waals surface area contributed by atoms with Gasteiger partial charge in [0, 0.05) is 11.6 Å². The number of rotatable bonds is 4. The van der Waals surface area contributed by atoms with Crippen molar-refractivity contribution in [1.29, 1.82) is 0 Å². The van der Waals surface area contributed by atoms with Crippen LogP contribution in [0.1, 0.15) is 11.7 Å². The number of methoxy groups -OCH3 is 2. The standard InChI is InChI=1S/C10H16N2O2/c1-12-10(11)8-5-4-7(13-2)6-9(8)14-3/h4-6,10,12H,11H2,1-3H3. The molecule has 14 heavy (non-hydrogen) atoms. The van der Waals surface area contributed by atoms with E-state index in [0.29, 0.717) is 0 Å². The van der Waals surface area contributed by atoms with Crippen LogP contribution in [0.3, 0.4) is 0 Å². The minimum absolute atomic E-state index is 0.226. The quantitative estimate of drug-likeness (QED) is 0.702. The monoisotopic (exact) mass is 196 g/mol. The van der Waals surface area contributed by atoms with Crippen LogP contribution in [0.25, 0.3) is 0 Å². The molecule has 4 heteroatoms. The highest BCUT2D eigenvalue weighted by atomic mass is 16.5. The predicted octanol–water partition coefficient (Wildman–Crippen LogP) is 0.880. The first-order valence-electron chi connectivity index (χ1n) is 4.37. The summed E-state index contributed by atoms with van der Waals surface area (Å²) in [5.41, 5.74) is 6.74. The summed E-state index contributed by atoms with van der Waals surface area (Å²) in [5.74, 6) is 1.49. The summed E-state index contributed by atoms with van der Waals surface area (Å²) in [5, 5.41) is 2.95. The maximum absolute atomic E-state index is 5.83. The van der Waals surface area contributed by atoms with Gasteiger partial charge in [0.2, 0.25) is 0 Å². The van der Waals surface area contributed by atoms with Gasteiger partial charge in [-0.05, 0) is 19.2 Å². The number of hydrogen-bond acceptors (Lipinski definition) is 4. The van der Waals surface area contributed by atoms with Gasteiger partial charge in [0.1, 0.15) is 11.5 Å². The lowest BCUT2D eigenvalue weighted by Crippen LogP contribution is -2.25. The fraction of sp³-hybridized carbons (Fsp3) is 0.400. The summed E-state index contributed by atoms with van der Waals surface area (Å²) in [6.45, 7) is 0. The van der Waals surface area contributed by atoms with Crippen LogP contribution in [-0.4, -0.2) is 21.3 Å². The number of nitrogens with two attached hydrogens (primary N) is 1. The molecule has 0 aliphatic carbocycles. The van der Waals surface area contributed by atoms with E-state index in [9.17, 15) is 0 Å².